The van der Waals surface area contributed by atoms with Crippen LogP contribution < -0.4 is 0 Å². The second-order valence-electron chi connectivity index (χ2n) is 4.29. The molecular weight excluding hydrogens is 252 g/mol. The predicted molar refractivity (Wildman–Crippen MR) is 61.1 cm³/mol. The Hall–Kier alpha value is -2.26. The standard InChI is InChI=1S/C13H9F2N3O/c14-11-1-8(2-12(15)10(11)3-16)13-6-19-5-9-4-17-7-18(9)13/h1-2,4,7,13H,5-6H2. The number of fused-ring (bicyclic) bond motifs is 1. The molecule has 0 amide bonds. The molecule has 96 valence electrons. The molecule has 6 heteroatoms. The van der Waals surface area contributed by atoms with E-state index in [9.17, 15) is 8.78 Å². The third-order valence-electron chi connectivity index (χ3n) is 3.17. The minimum absolute atomic E-state index is 0.314. The first-order chi connectivity index (χ1) is 9.20. The minimum atomic E-state index is -0.857. The summed E-state index contributed by atoms with van der Waals surface area (Å²) < 4.78 is 34.5. The summed E-state index contributed by atoms with van der Waals surface area (Å²) in [5.74, 6) is -1.71. The van der Waals surface area contributed by atoms with Crippen LogP contribution in [0.25, 0.3) is 0 Å². The third kappa shape index (κ3) is 1.88. The van der Waals surface area contributed by atoms with Gasteiger partial charge in [0.15, 0.2) is 0 Å². The molecule has 1 atom stereocenters. The zero-order valence-electron chi connectivity index (χ0n) is 9.81. The van der Waals surface area contributed by atoms with Crippen molar-refractivity contribution >= 4 is 0 Å². The van der Waals surface area contributed by atoms with E-state index in [0.717, 1.165) is 5.69 Å². The molecule has 19 heavy (non-hydrogen) atoms. The highest BCUT2D eigenvalue weighted by molar-refractivity contribution is 5.37. The maximum atomic E-state index is 13.6. The van der Waals surface area contributed by atoms with Gasteiger partial charge in [-0.05, 0) is 17.7 Å². The Morgan fingerprint density at radius 2 is 2.11 bits per heavy atom. The molecule has 1 aliphatic rings. The maximum absolute atomic E-state index is 13.6. The van der Waals surface area contributed by atoms with Crippen LogP contribution in [0.4, 0.5) is 8.78 Å². The molecule has 0 spiro atoms. The largest absolute Gasteiger partial charge is 0.373 e. The van der Waals surface area contributed by atoms with Gasteiger partial charge in [-0.25, -0.2) is 13.8 Å². The van der Waals surface area contributed by atoms with E-state index in [2.05, 4.69) is 4.98 Å². The fourth-order valence-corrected chi connectivity index (χ4v) is 2.23. The van der Waals surface area contributed by atoms with Gasteiger partial charge in [0.05, 0.1) is 37.5 Å². The van der Waals surface area contributed by atoms with Gasteiger partial charge in [0.25, 0.3) is 0 Å². The molecule has 1 aliphatic heterocycles. The van der Waals surface area contributed by atoms with Crippen LogP contribution in [0.1, 0.15) is 22.9 Å². The second-order valence-corrected chi connectivity index (χ2v) is 4.29. The number of rotatable bonds is 1. The summed E-state index contributed by atoms with van der Waals surface area (Å²) in [5.41, 5.74) is 0.709. The normalized spacial score (nSPS) is 17.8. The van der Waals surface area contributed by atoms with E-state index in [-0.39, 0.29) is 6.04 Å². The van der Waals surface area contributed by atoms with Crippen LogP contribution in [-0.4, -0.2) is 16.2 Å². The van der Waals surface area contributed by atoms with Crippen LogP contribution in [0, 0.1) is 23.0 Å². The van der Waals surface area contributed by atoms with Crippen molar-refractivity contribution in [3.05, 3.63) is 53.1 Å². The van der Waals surface area contributed by atoms with Gasteiger partial charge in [-0.15, -0.1) is 0 Å². The molecular formula is C13H9F2N3O. The van der Waals surface area contributed by atoms with E-state index in [0.29, 0.717) is 18.8 Å². The van der Waals surface area contributed by atoms with Crippen molar-refractivity contribution in [2.24, 2.45) is 0 Å². The van der Waals surface area contributed by atoms with Crippen molar-refractivity contribution < 1.29 is 13.5 Å². The minimum Gasteiger partial charge on any atom is -0.373 e. The smallest absolute Gasteiger partial charge is 0.144 e. The molecule has 0 N–H and O–H groups in total. The van der Waals surface area contributed by atoms with Gasteiger partial charge in [0.1, 0.15) is 23.3 Å². The summed E-state index contributed by atoms with van der Waals surface area (Å²) in [5, 5.41) is 8.66. The van der Waals surface area contributed by atoms with Gasteiger partial charge < -0.3 is 9.30 Å². The summed E-state index contributed by atoms with van der Waals surface area (Å²) in [6, 6.07) is 3.52. The molecule has 0 saturated carbocycles. The van der Waals surface area contributed by atoms with E-state index >= 15 is 0 Å². The molecule has 2 aromatic rings. The number of ether oxygens (including phenoxy) is 1. The highest BCUT2D eigenvalue weighted by atomic mass is 19.1. The van der Waals surface area contributed by atoms with Gasteiger partial charge in [-0.1, -0.05) is 0 Å². The third-order valence-corrected chi connectivity index (χ3v) is 3.17. The molecule has 1 aromatic heterocycles. The van der Waals surface area contributed by atoms with Gasteiger partial charge in [-0.3, -0.25) is 0 Å². The fourth-order valence-electron chi connectivity index (χ4n) is 2.23. The molecule has 3 rings (SSSR count). The summed E-state index contributed by atoms with van der Waals surface area (Å²) >= 11 is 0. The summed E-state index contributed by atoms with van der Waals surface area (Å²) in [6.07, 6.45) is 3.26. The number of nitrogens with zero attached hydrogens (tertiary/aromatic N) is 3. The topological polar surface area (TPSA) is 50.8 Å². The summed E-state index contributed by atoms with van der Waals surface area (Å²) in [7, 11) is 0. The number of nitriles is 1. The first kappa shape index (κ1) is 11.8. The molecule has 0 saturated heterocycles. The average molecular weight is 261 g/mol. The Kier molecular flexibility index (Phi) is 2.76. The summed E-state index contributed by atoms with van der Waals surface area (Å²) in [4.78, 5) is 4.00. The number of imidazole rings is 1. The fraction of sp³-hybridized carbons (Fsp3) is 0.231. The first-order valence-electron chi connectivity index (χ1n) is 5.68. The number of benzene rings is 1. The molecule has 1 unspecified atom stereocenters. The van der Waals surface area contributed by atoms with Crippen molar-refractivity contribution in [1.29, 1.82) is 5.26 Å². The highest BCUT2D eigenvalue weighted by Crippen LogP contribution is 2.27. The Morgan fingerprint density at radius 1 is 1.37 bits per heavy atom. The molecule has 0 bridgehead atoms. The van der Waals surface area contributed by atoms with Gasteiger partial charge in [-0.2, -0.15) is 5.26 Å². The Labute approximate surface area is 107 Å². The lowest BCUT2D eigenvalue weighted by molar-refractivity contribution is 0.0694. The Morgan fingerprint density at radius 3 is 2.79 bits per heavy atom. The zero-order chi connectivity index (χ0) is 13.4. The van der Waals surface area contributed by atoms with Crippen LogP contribution in [0.15, 0.2) is 24.7 Å². The monoisotopic (exact) mass is 261 g/mol. The number of hydrogen-bond acceptors (Lipinski definition) is 3. The van der Waals surface area contributed by atoms with Crippen LogP contribution in [0.5, 0.6) is 0 Å². The summed E-state index contributed by atoms with van der Waals surface area (Å²) in [6.45, 7) is 0.742. The lowest BCUT2D eigenvalue weighted by Crippen LogP contribution is -2.24. The van der Waals surface area contributed by atoms with Crippen molar-refractivity contribution in [3.8, 4) is 6.07 Å². The molecule has 0 aliphatic carbocycles. The number of aromatic nitrogens is 2. The Bertz CT molecular complexity index is 652. The molecule has 2 heterocycles. The van der Waals surface area contributed by atoms with E-state index in [4.69, 9.17) is 10.00 Å². The van der Waals surface area contributed by atoms with E-state index in [1.807, 2.05) is 4.57 Å². The SMILES string of the molecule is N#Cc1c(F)cc(C2COCc3cncn32)cc1F. The lowest BCUT2D eigenvalue weighted by atomic mass is 10.0. The number of hydrogen-bond donors (Lipinski definition) is 0. The molecule has 0 radical (unpaired) electrons. The van der Waals surface area contributed by atoms with Crippen LogP contribution in [0.2, 0.25) is 0 Å². The van der Waals surface area contributed by atoms with E-state index < -0.39 is 17.2 Å². The van der Waals surface area contributed by atoms with Crippen LogP contribution in [0.3, 0.4) is 0 Å². The molecule has 1 aromatic carbocycles. The van der Waals surface area contributed by atoms with Gasteiger partial charge >= 0.3 is 0 Å². The molecule has 4 nitrogen and oxygen atoms in total. The quantitative estimate of drug-likeness (QED) is 0.790. The van der Waals surface area contributed by atoms with Crippen LogP contribution in [-0.2, 0) is 11.3 Å². The average Bonchev–Trinajstić information content (AvgIpc) is 2.86. The van der Waals surface area contributed by atoms with Crippen molar-refractivity contribution in [3.63, 3.8) is 0 Å². The van der Waals surface area contributed by atoms with Crippen molar-refractivity contribution in [2.75, 3.05) is 6.61 Å². The highest BCUT2D eigenvalue weighted by Gasteiger charge is 2.24. The molecule has 0 fully saturated rings. The van der Waals surface area contributed by atoms with Crippen molar-refractivity contribution in [2.45, 2.75) is 12.6 Å². The van der Waals surface area contributed by atoms with Gasteiger partial charge in [0.2, 0.25) is 0 Å². The lowest BCUT2D eigenvalue weighted by Gasteiger charge is -2.26. The number of halogens is 2. The second kappa shape index (κ2) is 4.44. The first-order valence-corrected chi connectivity index (χ1v) is 5.68. The van der Waals surface area contributed by atoms with Crippen LogP contribution >= 0.6 is 0 Å². The van der Waals surface area contributed by atoms with Crippen molar-refractivity contribution in [1.82, 2.24) is 9.55 Å². The predicted octanol–water partition coefficient (Wildman–Crippen LogP) is 2.15. The zero-order valence-corrected chi connectivity index (χ0v) is 9.81. The van der Waals surface area contributed by atoms with Gasteiger partial charge in [0, 0.05) is 0 Å². The van der Waals surface area contributed by atoms with E-state index in [1.54, 1.807) is 12.5 Å². The Balaban J connectivity index is 2.08. The maximum Gasteiger partial charge on any atom is 0.144 e. The van der Waals surface area contributed by atoms with E-state index in [1.165, 1.54) is 18.2 Å².